The number of thioether (sulfide) groups is 1. The number of oxazole rings is 1. The van der Waals surface area contributed by atoms with Crippen LogP contribution in [-0.2, 0) is 16.1 Å². The summed E-state index contributed by atoms with van der Waals surface area (Å²) in [7, 11) is 0. The average Bonchev–Trinajstić information content (AvgIpc) is 3.15. The number of nitrogens with zero attached hydrogens (tertiary/aromatic N) is 2. The molecule has 0 aliphatic carbocycles. The van der Waals surface area contributed by atoms with E-state index in [4.69, 9.17) is 9.15 Å². The third-order valence-corrected chi connectivity index (χ3v) is 5.43. The zero-order valence-corrected chi connectivity index (χ0v) is 16.4. The van der Waals surface area contributed by atoms with Gasteiger partial charge in [-0.05, 0) is 17.7 Å². The molecule has 6 nitrogen and oxygen atoms in total. The van der Waals surface area contributed by atoms with Gasteiger partial charge in [-0.15, -0.1) is 0 Å². The molecule has 0 saturated carbocycles. The lowest BCUT2D eigenvalue weighted by atomic mass is 10.2. The molecule has 1 aromatic heterocycles. The van der Waals surface area contributed by atoms with E-state index in [9.17, 15) is 4.79 Å². The first kappa shape index (κ1) is 19.0. The highest BCUT2D eigenvalue weighted by atomic mass is 32.2. The fourth-order valence-electron chi connectivity index (χ4n) is 3.21. The SMILES string of the molecule is O=C(CSc1nc2ccccc2o1)NC[C@@H]1CN(Cc2ccccc2)CCO1. The third kappa shape index (κ3) is 5.13. The molecule has 0 bridgehead atoms. The summed E-state index contributed by atoms with van der Waals surface area (Å²) >= 11 is 1.30. The Morgan fingerprint density at radius 3 is 2.86 bits per heavy atom. The molecular formula is C21H23N3O3S. The second-order valence-corrected chi connectivity index (χ2v) is 7.68. The molecule has 0 spiro atoms. The summed E-state index contributed by atoms with van der Waals surface area (Å²) in [6, 6.07) is 18.0. The standard InChI is InChI=1S/C21H23N3O3S/c25-20(15-28-21-23-18-8-4-5-9-19(18)27-21)22-12-17-14-24(10-11-26-17)13-16-6-2-1-3-7-16/h1-9,17H,10-15H2,(H,22,25)/t17-/m1/s1. The first-order valence-electron chi connectivity index (χ1n) is 9.39. The van der Waals surface area contributed by atoms with Crippen molar-refractivity contribution < 1.29 is 13.9 Å². The molecule has 146 valence electrons. The predicted octanol–water partition coefficient (Wildman–Crippen LogP) is 2.94. The third-order valence-electron chi connectivity index (χ3n) is 4.60. The largest absolute Gasteiger partial charge is 0.431 e. The van der Waals surface area contributed by atoms with Crippen LogP contribution in [0.5, 0.6) is 0 Å². The lowest BCUT2D eigenvalue weighted by molar-refractivity contribution is -0.119. The van der Waals surface area contributed by atoms with E-state index in [-0.39, 0.29) is 17.8 Å². The number of hydrogen-bond acceptors (Lipinski definition) is 6. The summed E-state index contributed by atoms with van der Waals surface area (Å²) in [4.78, 5) is 18.9. The van der Waals surface area contributed by atoms with E-state index in [1.807, 2.05) is 30.3 Å². The van der Waals surface area contributed by atoms with Crippen molar-refractivity contribution >= 4 is 28.8 Å². The van der Waals surface area contributed by atoms with E-state index in [2.05, 4.69) is 39.5 Å². The maximum absolute atomic E-state index is 12.2. The van der Waals surface area contributed by atoms with Gasteiger partial charge in [-0.2, -0.15) is 0 Å². The Kier molecular flexibility index (Phi) is 6.26. The molecule has 1 N–H and O–H groups in total. The Morgan fingerprint density at radius 1 is 1.18 bits per heavy atom. The van der Waals surface area contributed by atoms with Gasteiger partial charge in [0.1, 0.15) is 5.52 Å². The molecule has 1 aliphatic rings. The highest BCUT2D eigenvalue weighted by molar-refractivity contribution is 7.99. The number of hydrogen-bond donors (Lipinski definition) is 1. The van der Waals surface area contributed by atoms with Gasteiger partial charge in [0.25, 0.3) is 5.22 Å². The molecule has 1 saturated heterocycles. The number of nitrogens with one attached hydrogen (secondary N) is 1. The van der Waals surface area contributed by atoms with Gasteiger partial charge in [-0.3, -0.25) is 9.69 Å². The van der Waals surface area contributed by atoms with Crippen molar-refractivity contribution in [2.45, 2.75) is 17.9 Å². The van der Waals surface area contributed by atoms with Gasteiger partial charge < -0.3 is 14.5 Å². The van der Waals surface area contributed by atoms with Crippen molar-refractivity contribution in [1.82, 2.24) is 15.2 Å². The minimum atomic E-state index is -0.0453. The topological polar surface area (TPSA) is 67.6 Å². The van der Waals surface area contributed by atoms with Crippen molar-refractivity contribution in [3.05, 3.63) is 60.2 Å². The molecule has 0 radical (unpaired) electrons. The van der Waals surface area contributed by atoms with Crippen LogP contribution < -0.4 is 5.32 Å². The highest BCUT2D eigenvalue weighted by Gasteiger charge is 2.21. The quantitative estimate of drug-likeness (QED) is 0.619. The van der Waals surface area contributed by atoms with E-state index in [0.717, 1.165) is 30.7 Å². The zero-order valence-electron chi connectivity index (χ0n) is 15.5. The average molecular weight is 398 g/mol. The van der Waals surface area contributed by atoms with Gasteiger partial charge in [-0.25, -0.2) is 4.98 Å². The van der Waals surface area contributed by atoms with Crippen LogP contribution in [0.1, 0.15) is 5.56 Å². The molecular weight excluding hydrogens is 374 g/mol. The first-order valence-corrected chi connectivity index (χ1v) is 10.4. The van der Waals surface area contributed by atoms with Crippen molar-refractivity contribution in [1.29, 1.82) is 0 Å². The van der Waals surface area contributed by atoms with Crippen molar-refractivity contribution in [2.75, 3.05) is 32.0 Å². The van der Waals surface area contributed by atoms with Crippen LogP contribution in [0, 0.1) is 0 Å². The maximum atomic E-state index is 12.2. The number of aromatic nitrogens is 1. The first-order chi connectivity index (χ1) is 13.8. The van der Waals surface area contributed by atoms with Crippen LogP contribution in [0.15, 0.2) is 64.2 Å². The molecule has 0 unspecified atom stereocenters. The fraction of sp³-hybridized carbons (Fsp3) is 0.333. The van der Waals surface area contributed by atoms with E-state index in [1.54, 1.807) is 0 Å². The summed E-state index contributed by atoms with van der Waals surface area (Å²) in [6.07, 6.45) is 0.00994. The van der Waals surface area contributed by atoms with Crippen LogP contribution in [0.2, 0.25) is 0 Å². The zero-order chi connectivity index (χ0) is 19.2. The predicted molar refractivity (Wildman–Crippen MR) is 109 cm³/mol. The monoisotopic (exact) mass is 397 g/mol. The number of para-hydroxylation sites is 2. The number of fused-ring (bicyclic) bond motifs is 1. The molecule has 1 aliphatic heterocycles. The molecule has 3 aromatic rings. The number of ether oxygens (including phenoxy) is 1. The number of rotatable bonds is 7. The Morgan fingerprint density at radius 2 is 2.00 bits per heavy atom. The Hall–Kier alpha value is -2.35. The van der Waals surface area contributed by atoms with Gasteiger partial charge in [0.05, 0.1) is 18.5 Å². The Balaban J connectivity index is 1.20. The molecule has 2 heterocycles. The summed E-state index contributed by atoms with van der Waals surface area (Å²) in [6.45, 7) is 3.83. The summed E-state index contributed by atoms with van der Waals surface area (Å²) in [5, 5.41) is 3.47. The summed E-state index contributed by atoms with van der Waals surface area (Å²) < 4.78 is 11.4. The number of morpholine rings is 1. The molecule has 7 heteroatoms. The van der Waals surface area contributed by atoms with Gasteiger partial charge in [-0.1, -0.05) is 54.2 Å². The number of carbonyl (C=O) groups is 1. The number of amides is 1. The van der Waals surface area contributed by atoms with Gasteiger partial charge in [0, 0.05) is 26.2 Å². The Bertz CT molecular complexity index is 882. The molecule has 28 heavy (non-hydrogen) atoms. The maximum Gasteiger partial charge on any atom is 0.257 e. The van der Waals surface area contributed by atoms with Crippen molar-refractivity contribution in [2.24, 2.45) is 0 Å². The summed E-state index contributed by atoms with van der Waals surface area (Å²) in [5.74, 6) is 0.226. The number of carbonyl (C=O) groups excluding carboxylic acids is 1. The lowest BCUT2D eigenvalue weighted by Crippen LogP contribution is -2.47. The van der Waals surface area contributed by atoms with E-state index >= 15 is 0 Å². The smallest absolute Gasteiger partial charge is 0.257 e. The Labute approximate surface area is 168 Å². The van der Waals surface area contributed by atoms with Crippen LogP contribution in [0.25, 0.3) is 11.1 Å². The highest BCUT2D eigenvalue weighted by Crippen LogP contribution is 2.22. The van der Waals surface area contributed by atoms with Crippen molar-refractivity contribution in [3.63, 3.8) is 0 Å². The molecule has 1 atom stereocenters. The number of benzene rings is 2. The van der Waals surface area contributed by atoms with Crippen LogP contribution in [0.3, 0.4) is 0 Å². The fourth-order valence-corrected chi connectivity index (χ4v) is 3.88. The lowest BCUT2D eigenvalue weighted by Gasteiger charge is -2.33. The van der Waals surface area contributed by atoms with E-state index in [1.165, 1.54) is 17.3 Å². The second kappa shape index (κ2) is 9.23. The minimum Gasteiger partial charge on any atom is -0.431 e. The van der Waals surface area contributed by atoms with Gasteiger partial charge in [0.2, 0.25) is 5.91 Å². The van der Waals surface area contributed by atoms with Crippen LogP contribution in [-0.4, -0.2) is 53.9 Å². The van der Waals surface area contributed by atoms with E-state index in [0.29, 0.717) is 18.4 Å². The van der Waals surface area contributed by atoms with Crippen LogP contribution >= 0.6 is 11.8 Å². The molecule has 2 aromatic carbocycles. The van der Waals surface area contributed by atoms with Gasteiger partial charge in [0.15, 0.2) is 5.58 Å². The minimum absolute atomic E-state index is 0.00994. The van der Waals surface area contributed by atoms with Crippen LogP contribution in [0.4, 0.5) is 0 Å². The normalized spacial score (nSPS) is 17.6. The van der Waals surface area contributed by atoms with Crippen molar-refractivity contribution in [3.8, 4) is 0 Å². The molecule has 1 amide bonds. The summed E-state index contributed by atoms with van der Waals surface area (Å²) in [5.41, 5.74) is 2.83. The van der Waals surface area contributed by atoms with Gasteiger partial charge >= 0.3 is 0 Å². The molecule has 4 rings (SSSR count). The second-order valence-electron chi connectivity index (χ2n) is 6.75. The van der Waals surface area contributed by atoms with E-state index < -0.39 is 0 Å². The molecule has 1 fully saturated rings.